The van der Waals surface area contributed by atoms with Crippen LogP contribution in [-0.2, 0) is 19.3 Å². The highest BCUT2D eigenvalue weighted by molar-refractivity contribution is 5.67. The van der Waals surface area contributed by atoms with Crippen molar-refractivity contribution in [1.29, 1.82) is 0 Å². The standard InChI is InChI=1S/C27H27F3/c1-2-3-4-6-18-9-11-19(12-10-18)20-13-14-21-16-24(26(29)17-22(21)15-20)23-7-5-8-25(28)27(23)30/h5,7-12,16-17,20H,2-4,6,13-15H2,1H3. The van der Waals surface area contributed by atoms with E-state index in [9.17, 15) is 13.2 Å². The molecule has 1 aliphatic rings. The Labute approximate surface area is 176 Å². The van der Waals surface area contributed by atoms with Gasteiger partial charge in [-0.3, -0.25) is 0 Å². The van der Waals surface area contributed by atoms with E-state index in [1.807, 2.05) is 0 Å². The Balaban J connectivity index is 1.53. The van der Waals surface area contributed by atoms with Crippen LogP contribution in [0.5, 0.6) is 0 Å². The normalized spacial score (nSPS) is 15.8. The second-order valence-electron chi connectivity index (χ2n) is 8.34. The smallest absolute Gasteiger partial charge is 0.166 e. The maximum absolute atomic E-state index is 14.8. The van der Waals surface area contributed by atoms with Crippen LogP contribution < -0.4 is 0 Å². The Morgan fingerprint density at radius 2 is 1.63 bits per heavy atom. The summed E-state index contributed by atoms with van der Waals surface area (Å²) in [4.78, 5) is 0. The molecule has 1 atom stereocenters. The van der Waals surface area contributed by atoms with Crippen molar-refractivity contribution in [3.63, 3.8) is 0 Å². The summed E-state index contributed by atoms with van der Waals surface area (Å²) in [6.45, 7) is 2.21. The van der Waals surface area contributed by atoms with Crippen LogP contribution in [-0.4, -0.2) is 0 Å². The van der Waals surface area contributed by atoms with E-state index in [0.717, 1.165) is 42.9 Å². The third-order valence-corrected chi connectivity index (χ3v) is 6.28. The summed E-state index contributed by atoms with van der Waals surface area (Å²) in [5, 5.41) is 0. The van der Waals surface area contributed by atoms with Crippen molar-refractivity contribution >= 4 is 0 Å². The van der Waals surface area contributed by atoms with Crippen molar-refractivity contribution in [3.8, 4) is 11.1 Å². The van der Waals surface area contributed by atoms with Crippen LogP contribution in [0.3, 0.4) is 0 Å². The molecule has 3 aromatic rings. The minimum Gasteiger partial charge on any atom is -0.206 e. The van der Waals surface area contributed by atoms with Crippen LogP contribution in [0.25, 0.3) is 11.1 Å². The Bertz CT molecular complexity index is 1020. The van der Waals surface area contributed by atoms with Crippen molar-refractivity contribution in [3.05, 3.63) is 94.3 Å². The summed E-state index contributed by atoms with van der Waals surface area (Å²) in [6.07, 6.45) is 7.37. The number of hydrogen-bond donors (Lipinski definition) is 0. The second kappa shape index (κ2) is 9.07. The summed E-state index contributed by atoms with van der Waals surface area (Å²) >= 11 is 0. The van der Waals surface area contributed by atoms with Gasteiger partial charge in [0, 0.05) is 11.1 Å². The maximum atomic E-state index is 14.8. The number of aryl methyl sites for hydroxylation is 2. The monoisotopic (exact) mass is 408 g/mol. The Kier molecular flexibility index (Phi) is 6.26. The molecule has 0 saturated carbocycles. The van der Waals surface area contributed by atoms with Gasteiger partial charge in [0.2, 0.25) is 0 Å². The van der Waals surface area contributed by atoms with Gasteiger partial charge in [-0.15, -0.1) is 0 Å². The van der Waals surface area contributed by atoms with E-state index >= 15 is 0 Å². The molecule has 0 aromatic heterocycles. The zero-order valence-corrected chi connectivity index (χ0v) is 17.4. The van der Waals surface area contributed by atoms with Crippen LogP contribution in [0.2, 0.25) is 0 Å². The maximum Gasteiger partial charge on any atom is 0.166 e. The number of rotatable bonds is 6. The first-order chi connectivity index (χ1) is 14.6. The molecule has 3 aromatic carbocycles. The third kappa shape index (κ3) is 4.30. The first-order valence-corrected chi connectivity index (χ1v) is 10.9. The lowest BCUT2D eigenvalue weighted by atomic mass is 9.79. The highest BCUT2D eigenvalue weighted by Crippen LogP contribution is 2.37. The van der Waals surface area contributed by atoms with Crippen LogP contribution in [0, 0.1) is 17.5 Å². The predicted octanol–water partition coefficient (Wildman–Crippen LogP) is 7.78. The van der Waals surface area contributed by atoms with Crippen molar-refractivity contribution in [2.75, 3.05) is 0 Å². The van der Waals surface area contributed by atoms with E-state index in [2.05, 4.69) is 31.2 Å². The number of hydrogen-bond acceptors (Lipinski definition) is 0. The van der Waals surface area contributed by atoms with Crippen molar-refractivity contribution < 1.29 is 13.2 Å². The topological polar surface area (TPSA) is 0 Å². The third-order valence-electron chi connectivity index (χ3n) is 6.28. The lowest BCUT2D eigenvalue weighted by Crippen LogP contribution is -2.13. The summed E-state index contributed by atoms with van der Waals surface area (Å²) in [5.41, 5.74) is 4.78. The summed E-state index contributed by atoms with van der Waals surface area (Å²) in [5.74, 6) is -2.09. The fraction of sp³-hybridized carbons (Fsp3) is 0.333. The summed E-state index contributed by atoms with van der Waals surface area (Å²) in [6, 6.07) is 16.0. The fourth-order valence-corrected chi connectivity index (χ4v) is 4.52. The molecule has 0 radical (unpaired) electrons. The number of halogens is 3. The van der Waals surface area contributed by atoms with Gasteiger partial charge in [-0.1, -0.05) is 56.2 Å². The van der Waals surface area contributed by atoms with Gasteiger partial charge < -0.3 is 0 Å². The summed E-state index contributed by atoms with van der Waals surface area (Å²) < 4.78 is 42.6. The molecule has 0 heterocycles. The number of unbranched alkanes of at least 4 members (excludes halogenated alkanes) is 2. The highest BCUT2D eigenvalue weighted by Gasteiger charge is 2.23. The lowest BCUT2D eigenvalue weighted by molar-refractivity contribution is 0.510. The molecule has 156 valence electrons. The van der Waals surface area contributed by atoms with Crippen molar-refractivity contribution in [1.82, 2.24) is 0 Å². The SMILES string of the molecule is CCCCCc1ccc(C2CCc3cc(-c4cccc(F)c4F)c(F)cc3C2)cc1. The van der Waals surface area contributed by atoms with Gasteiger partial charge in [-0.2, -0.15) is 0 Å². The molecular formula is C27H27F3. The van der Waals surface area contributed by atoms with Gasteiger partial charge in [-0.05, 0) is 78.5 Å². The van der Waals surface area contributed by atoms with Gasteiger partial charge >= 0.3 is 0 Å². The molecule has 30 heavy (non-hydrogen) atoms. The van der Waals surface area contributed by atoms with E-state index in [0.29, 0.717) is 5.92 Å². The summed E-state index contributed by atoms with van der Waals surface area (Å²) in [7, 11) is 0. The average Bonchev–Trinajstić information content (AvgIpc) is 2.76. The van der Waals surface area contributed by atoms with Crippen LogP contribution in [0.15, 0.2) is 54.6 Å². The highest BCUT2D eigenvalue weighted by atomic mass is 19.2. The van der Waals surface area contributed by atoms with Crippen LogP contribution in [0.4, 0.5) is 13.2 Å². The molecule has 4 rings (SSSR count). The quantitative estimate of drug-likeness (QED) is 0.365. The van der Waals surface area contributed by atoms with E-state index in [1.165, 1.54) is 48.6 Å². The molecule has 1 unspecified atom stereocenters. The zero-order chi connectivity index (χ0) is 21.1. The molecular weight excluding hydrogens is 381 g/mol. The largest absolute Gasteiger partial charge is 0.206 e. The average molecular weight is 409 g/mol. The number of benzene rings is 3. The molecule has 0 amide bonds. The van der Waals surface area contributed by atoms with Gasteiger partial charge in [0.05, 0.1) is 0 Å². The van der Waals surface area contributed by atoms with Gasteiger partial charge in [0.25, 0.3) is 0 Å². The molecule has 0 spiro atoms. The first kappa shape index (κ1) is 20.7. The van der Waals surface area contributed by atoms with Crippen molar-refractivity contribution in [2.45, 2.75) is 57.8 Å². The molecule has 0 saturated heterocycles. The van der Waals surface area contributed by atoms with Gasteiger partial charge in [0.1, 0.15) is 5.82 Å². The Morgan fingerprint density at radius 1 is 0.833 bits per heavy atom. The second-order valence-corrected chi connectivity index (χ2v) is 8.34. The minimum atomic E-state index is -0.996. The van der Waals surface area contributed by atoms with Gasteiger partial charge in [0.15, 0.2) is 11.6 Å². The van der Waals surface area contributed by atoms with Gasteiger partial charge in [-0.25, -0.2) is 13.2 Å². The fourth-order valence-electron chi connectivity index (χ4n) is 4.52. The minimum absolute atomic E-state index is 0.0175. The lowest BCUT2D eigenvalue weighted by Gasteiger charge is -2.26. The molecule has 0 fully saturated rings. The van der Waals surface area contributed by atoms with E-state index in [-0.39, 0.29) is 11.1 Å². The predicted molar refractivity (Wildman–Crippen MR) is 116 cm³/mol. The Hall–Kier alpha value is -2.55. The van der Waals surface area contributed by atoms with E-state index in [4.69, 9.17) is 0 Å². The number of fused-ring (bicyclic) bond motifs is 1. The van der Waals surface area contributed by atoms with Crippen LogP contribution in [0.1, 0.15) is 60.8 Å². The molecule has 3 heteroatoms. The van der Waals surface area contributed by atoms with E-state index in [1.54, 1.807) is 6.07 Å². The molecule has 0 N–H and O–H groups in total. The van der Waals surface area contributed by atoms with Crippen molar-refractivity contribution in [2.24, 2.45) is 0 Å². The molecule has 1 aliphatic carbocycles. The first-order valence-electron chi connectivity index (χ1n) is 10.9. The Morgan fingerprint density at radius 3 is 2.40 bits per heavy atom. The zero-order valence-electron chi connectivity index (χ0n) is 17.4. The molecule has 0 bridgehead atoms. The molecule has 0 aliphatic heterocycles. The van der Waals surface area contributed by atoms with Crippen LogP contribution >= 0.6 is 0 Å². The molecule has 0 nitrogen and oxygen atoms in total. The van der Waals surface area contributed by atoms with E-state index < -0.39 is 17.5 Å².